The highest BCUT2D eigenvalue weighted by molar-refractivity contribution is 5.77. The third-order valence-electron chi connectivity index (χ3n) is 1.22. The van der Waals surface area contributed by atoms with E-state index in [2.05, 4.69) is 4.74 Å². The van der Waals surface area contributed by atoms with Gasteiger partial charge in [0, 0.05) is 5.92 Å². The van der Waals surface area contributed by atoms with Crippen LogP contribution >= 0.6 is 0 Å². The zero-order valence-corrected chi connectivity index (χ0v) is 9.88. The Morgan fingerprint density at radius 2 is 1.50 bits per heavy atom. The minimum atomic E-state index is -0.725. The van der Waals surface area contributed by atoms with Crippen molar-refractivity contribution in [3.63, 3.8) is 0 Å². The molecule has 0 atom stereocenters. The van der Waals surface area contributed by atoms with E-state index < -0.39 is 11.7 Å². The molecule has 14 heavy (non-hydrogen) atoms. The number of hydrogen-bond donors (Lipinski definition) is 1. The minimum Gasteiger partial charge on any atom is -0.444 e. The molecule has 0 spiro atoms. The van der Waals surface area contributed by atoms with Crippen LogP contribution in [0, 0.1) is 5.92 Å². The van der Waals surface area contributed by atoms with Gasteiger partial charge in [0.25, 0.3) is 0 Å². The van der Waals surface area contributed by atoms with E-state index in [4.69, 9.17) is 5.73 Å². The normalized spacial score (nSPS) is 10.2. The highest BCUT2D eigenvalue weighted by atomic mass is 16.6. The summed E-state index contributed by atoms with van der Waals surface area (Å²) in [6.45, 7) is 10.7. The molecular formula is C10H21NO3. The van der Waals surface area contributed by atoms with Crippen molar-refractivity contribution in [2.75, 3.05) is 0 Å². The number of primary amides is 1. The van der Waals surface area contributed by atoms with Gasteiger partial charge < -0.3 is 10.5 Å². The molecule has 84 valence electrons. The fourth-order valence-electron chi connectivity index (χ4n) is 0.302. The lowest BCUT2D eigenvalue weighted by molar-refractivity contribution is -0.119. The molecule has 0 aliphatic rings. The number of carbonyl (C=O) groups excluding carboxylic acids is 2. The van der Waals surface area contributed by atoms with Crippen LogP contribution in [-0.4, -0.2) is 17.5 Å². The van der Waals surface area contributed by atoms with Crippen molar-refractivity contribution in [3.05, 3.63) is 0 Å². The van der Waals surface area contributed by atoms with Crippen LogP contribution < -0.4 is 5.73 Å². The summed E-state index contributed by atoms with van der Waals surface area (Å²) in [5.74, 6) is 0.472. The maximum absolute atomic E-state index is 10.1. The van der Waals surface area contributed by atoms with E-state index in [1.54, 1.807) is 27.7 Å². The Hall–Kier alpha value is -1.06. The van der Waals surface area contributed by atoms with Gasteiger partial charge in [-0.05, 0) is 27.7 Å². The van der Waals surface area contributed by atoms with Crippen LogP contribution in [0.1, 0.15) is 41.5 Å². The number of rotatable bonds is 1. The second-order valence-corrected chi connectivity index (χ2v) is 4.30. The van der Waals surface area contributed by atoms with Gasteiger partial charge in [0.1, 0.15) is 11.4 Å². The van der Waals surface area contributed by atoms with Crippen molar-refractivity contribution in [1.29, 1.82) is 0 Å². The highest BCUT2D eigenvalue weighted by Gasteiger charge is 2.12. The summed E-state index contributed by atoms with van der Waals surface area (Å²) in [7, 11) is 0. The van der Waals surface area contributed by atoms with Crippen molar-refractivity contribution in [3.8, 4) is 0 Å². The standard InChI is InChI=1S/C5H11NO2.C5H10O/c1-5(2,3)8-4(6)7;1-4(2)5(3)6/h1-3H3,(H2,6,7);4H,1-3H3. The molecule has 0 aromatic carbocycles. The topological polar surface area (TPSA) is 69.4 Å². The Morgan fingerprint density at radius 3 is 1.50 bits per heavy atom. The molecule has 0 aromatic heterocycles. The smallest absolute Gasteiger partial charge is 0.405 e. The van der Waals surface area contributed by atoms with Gasteiger partial charge in [0.15, 0.2) is 0 Å². The zero-order chi connectivity index (χ0) is 11.9. The van der Waals surface area contributed by atoms with Gasteiger partial charge in [-0.3, -0.25) is 4.79 Å². The van der Waals surface area contributed by atoms with Gasteiger partial charge >= 0.3 is 6.09 Å². The molecule has 0 rings (SSSR count). The first kappa shape index (κ1) is 15.4. The molecule has 0 fully saturated rings. The molecule has 0 radical (unpaired) electrons. The zero-order valence-electron chi connectivity index (χ0n) is 9.88. The number of Topliss-reactive ketones (excluding diaryl/α,β-unsaturated/α-hetero) is 1. The monoisotopic (exact) mass is 203 g/mol. The molecule has 0 aliphatic carbocycles. The summed E-state index contributed by atoms with van der Waals surface area (Å²) in [5.41, 5.74) is 4.26. The number of ether oxygens (including phenoxy) is 1. The molecule has 0 saturated carbocycles. The third-order valence-corrected chi connectivity index (χ3v) is 1.22. The summed E-state index contributed by atoms with van der Waals surface area (Å²) in [6, 6.07) is 0. The molecule has 4 heteroatoms. The van der Waals surface area contributed by atoms with E-state index in [0.717, 1.165) is 0 Å². The van der Waals surface area contributed by atoms with Gasteiger partial charge in [0.2, 0.25) is 0 Å². The van der Waals surface area contributed by atoms with E-state index in [-0.39, 0.29) is 11.7 Å². The van der Waals surface area contributed by atoms with Crippen LogP contribution in [0.4, 0.5) is 4.79 Å². The number of ketones is 1. The van der Waals surface area contributed by atoms with Crippen LogP contribution in [0.5, 0.6) is 0 Å². The molecule has 1 amide bonds. The lowest BCUT2D eigenvalue weighted by atomic mass is 10.1. The number of carbonyl (C=O) groups is 2. The second-order valence-electron chi connectivity index (χ2n) is 4.30. The first-order chi connectivity index (χ1) is 6.06. The van der Waals surface area contributed by atoms with Crippen molar-refractivity contribution >= 4 is 11.9 Å². The van der Waals surface area contributed by atoms with Gasteiger partial charge in [-0.15, -0.1) is 0 Å². The molecule has 0 unspecified atom stereocenters. The fourth-order valence-corrected chi connectivity index (χ4v) is 0.302. The molecular weight excluding hydrogens is 182 g/mol. The number of hydrogen-bond acceptors (Lipinski definition) is 3. The van der Waals surface area contributed by atoms with E-state index in [0.29, 0.717) is 0 Å². The first-order valence-corrected chi connectivity index (χ1v) is 4.55. The predicted octanol–water partition coefficient (Wildman–Crippen LogP) is 2.11. The van der Waals surface area contributed by atoms with Gasteiger partial charge in [-0.25, -0.2) is 4.79 Å². The average molecular weight is 203 g/mol. The van der Waals surface area contributed by atoms with E-state index in [1.807, 2.05) is 13.8 Å². The second kappa shape index (κ2) is 6.40. The first-order valence-electron chi connectivity index (χ1n) is 4.55. The maximum atomic E-state index is 10.1. The lowest BCUT2D eigenvalue weighted by Crippen LogP contribution is -2.27. The molecule has 0 bridgehead atoms. The van der Waals surface area contributed by atoms with Crippen molar-refractivity contribution in [2.24, 2.45) is 11.7 Å². The Balaban J connectivity index is 0. The van der Waals surface area contributed by atoms with Crippen LogP contribution in [-0.2, 0) is 9.53 Å². The van der Waals surface area contributed by atoms with Crippen LogP contribution in [0.2, 0.25) is 0 Å². The van der Waals surface area contributed by atoms with Gasteiger partial charge in [-0.2, -0.15) is 0 Å². The number of amides is 1. The quantitative estimate of drug-likeness (QED) is 0.709. The minimum absolute atomic E-state index is 0.213. The Morgan fingerprint density at radius 1 is 1.21 bits per heavy atom. The van der Waals surface area contributed by atoms with Crippen molar-refractivity contribution < 1.29 is 14.3 Å². The third kappa shape index (κ3) is 17.1. The molecule has 4 nitrogen and oxygen atoms in total. The van der Waals surface area contributed by atoms with E-state index >= 15 is 0 Å². The van der Waals surface area contributed by atoms with Crippen LogP contribution in [0.25, 0.3) is 0 Å². The van der Waals surface area contributed by atoms with Crippen molar-refractivity contribution in [2.45, 2.75) is 47.1 Å². The Bertz CT molecular complexity index is 192. The fraction of sp³-hybridized carbons (Fsp3) is 0.800. The van der Waals surface area contributed by atoms with E-state index in [9.17, 15) is 9.59 Å². The summed E-state index contributed by atoms with van der Waals surface area (Å²) >= 11 is 0. The summed E-state index contributed by atoms with van der Waals surface area (Å²) < 4.78 is 4.58. The molecule has 0 aromatic rings. The highest BCUT2D eigenvalue weighted by Crippen LogP contribution is 2.04. The molecule has 2 N–H and O–H groups in total. The Kier molecular flexibility index (Phi) is 7.05. The largest absolute Gasteiger partial charge is 0.444 e. The Labute approximate surface area is 85.8 Å². The van der Waals surface area contributed by atoms with E-state index in [1.165, 1.54) is 0 Å². The summed E-state index contributed by atoms with van der Waals surface area (Å²) in [6.07, 6.45) is -0.725. The number of nitrogens with two attached hydrogens (primary N) is 1. The lowest BCUT2D eigenvalue weighted by Gasteiger charge is -2.16. The van der Waals surface area contributed by atoms with Crippen LogP contribution in [0.3, 0.4) is 0 Å². The molecule has 0 aliphatic heterocycles. The summed E-state index contributed by atoms with van der Waals surface area (Å²) in [4.78, 5) is 20.2. The average Bonchev–Trinajstić information content (AvgIpc) is 1.81. The molecule has 0 saturated heterocycles. The van der Waals surface area contributed by atoms with Gasteiger partial charge in [-0.1, -0.05) is 13.8 Å². The maximum Gasteiger partial charge on any atom is 0.405 e. The summed E-state index contributed by atoms with van der Waals surface area (Å²) in [5, 5.41) is 0. The SMILES string of the molecule is CC(=O)C(C)C.CC(C)(C)OC(N)=O. The van der Waals surface area contributed by atoms with Crippen molar-refractivity contribution in [1.82, 2.24) is 0 Å². The van der Waals surface area contributed by atoms with Gasteiger partial charge in [0.05, 0.1) is 0 Å². The predicted molar refractivity (Wildman–Crippen MR) is 55.9 cm³/mol. The molecule has 0 heterocycles. The van der Waals surface area contributed by atoms with Crippen LogP contribution in [0.15, 0.2) is 0 Å².